The van der Waals surface area contributed by atoms with Gasteiger partial charge in [0.1, 0.15) is 12.1 Å². The highest BCUT2D eigenvalue weighted by atomic mass is 19.1. The van der Waals surface area contributed by atoms with Gasteiger partial charge >= 0.3 is 0 Å². The second-order valence-corrected chi connectivity index (χ2v) is 3.73. The average molecular weight is 234 g/mol. The number of aromatic nitrogens is 3. The van der Waals surface area contributed by atoms with E-state index in [0.717, 1.165) is 12.4 Å². The van der Waals surface area contributed by atoms with Gasteiger partial charge in [0.25, 0.3) is 0 Å². The fraction of sp³-hybridized carbons (Fsp3) is 0.333. The lowest BCUT2D eigenvalue weighted by molar-refractivity contribution is 0.580. The minimum atomic E-state index is -0.212. The topological polar surface area (TPSA) is 42.7 Å². The molecule has 0 bridgehead atoms. The molecular weight excluding hydrogens is 219 g/mol. The largest absolute Gasteiger partial charge is 0.310 e. The van der Waals surface area contributed by atoms with Crippen LogP contribution in [0.4, 0.5) is 4.39 Å². The fourth-order valence-corrected chi connectivity index (χ4v) is 1.53. The molecule has 1 aromatic heterocycles. The Labute approximate surface area is 99.5 Å². The van der Waals surface area contributed by atoms with Crippen LogP contribution in [0.15, 0.2) is 30.6 Å². The average Bonchev–Trinajstić information content (AvgIpc) is 2.77. The third-order valence-corrected chi connectivity index (χ3v) is 2.41. The summed E-state index contributed by atoms with van der Waals surface area (Å²) >= 11 is 0. The van der Waals surface area contributed by atoms with Crippen LogP contribution >= 0.6 is 0 Å². The Kier molecular flexibility index (Phi) is 3.82. The van der Waals surface area contributed by atoms with Crippen molar-refractivity contribution in [2.75, 3.05) is 6.54 Å². The van der Waals surface area contributed by atoms with Crippen molar-refractivity contribution in [3.8, 4) is 0 Å². The molecule has 0 spiro atoms. The lowest BCUT2D eigenvalue weighted by Gasteiger charge is -2.02. The summed E-state index contributed by atoms with van der Waals surface area (Å²) in [4.78, 5) is 4.15. The molecule has 0 amide bonds. The maximum Gasteiger partial charge on any atom is 0.164 e. The van der Waals surface area contributed by atoms with Crippen LogP contribution in [0.25, 0.3) is 0 Å². The normalized spacial score (nSPS) is 10.7. The maximum atomic E-state index is 13.4. The van der Waals surface area contributed by atoms with Crippen LogP contribution in [0.3, 0.4) is 0 Å². The van der Waals surface area contributed by atoms with Crippen LogP contribution in [-0.4, -0.2) is 21.3 Å². The lowest BCUT2D eigenvalue weighted by atomic mass is 10.2. The SMILES string of the molecule is CCNCc1ncn(Cc2ccccc2F)n1. The minimum Gasteiger partial charge on any atom is -0.310 e. The Morgan fingerprint density at radius 1 is 1.35 bits per heavy atom. The molecule has 2 rings (SSSR count). The van der Waals surface area contributed by atoms with Crippen molar-refractivity contribution in [1.82, 2.24) is 20.1 Å². The van der Waals surface area contributed by atoms with E-state index in [1.807, 2.05) is 13.0 Å². The van der Waals surface area contributed by atoms with Gasteiger partial charge in [-0.05, 0) is 12.6 Å². The summed E-state index contributed by atoms with van der Waals surface area (Å²) < 4.78 is 15.1. The highest BCUT2D eigenvalue weighted by molar-refractivity contribution is 5.17. The molecule has 1 heterocycles. The fourth-order valence-electron chi connectivity index (χ4n) is 1.53. The summed E-state index contributed by atoms with van der Waals surface area (Å²) in [5, 5.41) is 7.40. The van der Waals surface area contributed by atoms with Crippen LogP contribution in [-0.2, 0) is 13.1 Å². The van der Waals surface area contributed by atoms with Gasteiger partial charge < -0.3 is 5.32 Å². The Hall–Kier alpha value is -1.75. The molecule has 1 N–H and O–H groups in total. The van der Waals surface area contributed by atoms with Crippen LogP contribution in [0.5, 0.6) is 0 Å². The van der Waals surface area contributed by atoms with Crippen molar-refractivity contribution in [3.05, 3.63) is 47.8 Å². The third kappa shape index (κ3) is 3.10. The molecule has 5 heteroatoms. The molecular formula is C12H15FN4. The highest BCUT2D eigenvalue weighted by Gasteiger charge is 2.04. The molecule has 0 fully saturated rings. The van der Waals surface area contributed by atoms with Crippen molar-refractivity contribution in [1.29, 1.82) is 0 Å². The van der Waals surface area contributed by atoms with E-state index >= 15 is 0 Å². The molecule has 0 radical (unpaired) electrons. The summed E-state index contributed by atoms with van der Waals surface area (Å²) in [6.45, 7) is 3.95. The van der Waals surface area contributed by atoms with Crippen LogP contribution in [0.1, 0.15) is 18.3 Å². The van der Waals surface area contributed by atoms with E-state index in [9.17, 15) is 4.39 Å². The zero-order valence-corrected chi connectivity index (χ0v) is 9.73. The van der Waals surface area contributed by atoms with Crippen molar-refractivity contribution in [2.24, 2.45) is 0 Å². The zero-order valence-electron chi connectivity index (χ0n) is 9.73. The Balaban J connectivity index is 2.04. The van der Waals surface area contributed by atoms with Gasteiger partial charge in [0.2, 0.25) is 0 Å². The van der Waals surface area contributed by atoms with Crippen molar-refractivity contribution in [3.63, 3.8) is 0 Å². The first-order valence-electron chi connectivity index (χ1n) is 5.62. The molecule has 90 valence electrons. The monoisotopic (exact) mass is 234 g/mol. The number of benzene rings is 1. The van der Waals surface area contributed by atoms with Gasteiger partial charge in [-0.1, -0.05) is 25.1 Å². The molecule has 0 aliphatic carbocycles. The van der Waals surface area contributed by atoms with E-state index in [1.54, 1.807) is 23.1 Å². The molecule has 0 aliphatic rings. The van der Waals surface area contributed by atoms with Crippen molar-refractivity contribution in [2.45, 2.75) is 20.0 Å². The first kappa shape index (κ1) is 11.7. The van der Waals surface area contributed by atoms with Crippen molar-refractivity contribution < 1.29 is 4.39 Å². The number of hydrogen-bond donors (Lipinski definition) is 1. The predicted molar refractivity (Wildman–Crippen MR) is 62.9 cm³/mol. The smallest absolute Gasteiger partial charge is 0.164 e. The van der Waals surface area contributed by atoms with Gasteiger partial charge in [-0.25, -0.2) is 14.1 Å². The maximum absolute atomic E-state index is 13.4. The molecule has 0 unspecified atom stereocenters. The number of hydrogen-bond acceptors (Lipinski definition) is 3. The number of rotatable bonds is 5. The third-order valence-electron chi connectivity index (χ3n) is 2.41. The molecule has 4 nitrogen and oxygen atoms in total. The summed E-state index contributed by atoms with van der Waals surface area (Å²) in [7, 11) is 0. The van der Waals surface area contributed by atoms with Crippen molar-refractivity contribution >= 4 is 0 Å². The van der Waals surface area contributed by atoms with E-state index in [2.05, 4.69) is 15.4 Å². The molecule has 0 atom stereocenters. The summed E-state index contributed by atoms with van der Waals surface area (Å²) in [5.41, 5.74) is 0.618. The second-order valence-electron chi connectivity index (χ2n) is 3.73. The van der Waals surface area contributed by atoms with E-state index in [4.69, 9.17) is 0 Å². The van der Waals surface area contributed by atoms with Gasteiger partial charge in [0.15, 0.2) is 5.82 Å². The highest BCUT2D eigenvalue weighted by Crippen LogP contribution is 2.07. The van der Waals surface area contributed by atoms with Gasteiger partial charge in [0.05, 0.1) is 13.1 Å². The summed E-state index contributed by atoms with van der Waals surface area (Å²) in [6.07, 6.45) is 1.62. The Bertz CT molecular complexity index is 481. The molecule has 0 aliphatic heterocycles. The van der Waals surface area contributed by atoms with Crippen LogP contribution in [0, 0.1) is 5.82 Å². The van der Waals surface area contributed by atoms with Gasteiger partial charge in [-0.15, -0.1) is 0 Å². The van der Waals surface area contributed by atoms with E-state index in [1.165, 1.54) is 6.07 Å². The summed E-state index contributed by atoms with van der Waals surface area (Å²) in [6, 6.07) is 6.69. The predicted octanol–water partition coefficient (Wildman–Crippen LogP) is 1.57. The van der Waals surface area contributed by atoms with Crippen LogP contribution in [0.2, 0.25) is 0 Å². The Morgan fingerprint density at radius 3 is 2.94 bits per heavy atom. The molecule has 1 aromatic carbocycles. The summed E-state index contributed by atoms with van der Waals surface area (Å²) in [5.74, 6) is 0.513. The molecule has 0 saturated carbocycles. The quantitative estimate of drug-likeness (QED) is 0.854. The molecule has 0 saturated heterocycles. The van der Waals surface area contributed by atoms with Gasteiger partial charge in [-0.2, -0.15) is 5.10 Å². The number of nitrogens with zero attached hydrogens (tertiary/aromatic N) is 3. The standard InChI is InChI=1S/C12H15FN4/c1-2-14-7-12-15-9-17(16-12)8-10-5-3-4-6-11(10)13/h3-6,9,14H,2,7-8H2,1H3. The number of halogens is 1. The van der Waals surface area contributed by atoms with E-state index in [-0.39, 0.29) is 5.82 Å². The second kappa shape index (κ2) is 5.54. The number of nitrogens with one attached hydrogen (secondary N) is 1. The van der Waals surface area contributed by atoms with Crippen LogP contribution < -0.4 is 5.32 Å². The Morgan fingerprint density at radius 2 is 2.18 bits per heavy atom. The van der Waals surface area contributed by atoms with E-state index < -0.39 is 0 Å². The van der Waals surface area contributed by atoms with E-state index in [0.29, 0.717) is 18.7 Å². The first-order chi connectivity index (χ1) is 8.29. The van der Waals surface area contributed by atoms with Gasteiger partial charge in [-0.3, -0.25) is 0 Å². The minimum absolute atomic E-state index is 0.212. The van der Waals surface area contributed by atoms with Gasteiger partial charge in [0, 0.05) is 5.56 Å². The first-order valence-corrected chi connectivity index (χ1v) is 5.62. The molecule has 17 heavy (non-hydrogen) atoms. The zero-order chi connectivity index (χ0) is 12.1. The lowest BCUT2D eigenvalue weighted by Crippen LogP contribution is -2.13. The molecule has 2 aromatic rings.